The van der Waals surface area contributed by atoms with Gasteiger partial charge in [0.25, 0.3) is 0 Å². The number of benzene rings is 1. The van der Waals surface area contributed by atoms with E-state index in [4.69, 9.17) is 0 Å². The van der Waals surface area contributed by atoms with E-state index in [1.165, 1.54) is 4.31 Å². The molecule has 0 bridgehead atoms. The van der Waals surface area contributed by atoms with Crippen LogP contribution in [-0.2, 0) is 14.8 Å². The molecule has 8 heteroatoms. The summed E-state index contributed by atoms with van der Waals surface area (Å²) in [6.07, 6.45) is 5.77. The fourth-order valence-electron chi connectivity index (χ4n) is 3.46. The fourth-order valence-corrected chi connectivity index (χ4v) is 5.10. The van der Waals surface area contributed by atoms with Gasteiger partial charge in [-0.2, -0.15) is 4.31 Å². The van der Waals surface area contributed by atoms with Crippen molar-refractivity contribution in [1.29, 1.82) is 0 Å². The Labute approximate surface area is 163 Å². The summed E-state index contributed by atoms with van der Waals surface area (Å²) in [6.45, 7) is 0.605. The molecule has 0 saturated carbocycles. The number of para-hydroxylation sites is 1. The number of nitrogens with zero attached hydrogens (tertiary/aromatic N) is 3. The largest absolute Gasteiger partial charge is 0.324 e. The lowest BCUT2D eigenvalue weighted by Crippen LogP contribution is -2.41. The van der Waals surface area contributed by atoms with Crippen molar-refractivity contribution >= 4 is 32.5 Å². The number of anilines is 1. The molecule has 1 N–H and O–H groups in total. The molecule has 1 aromatic carbocycles. The number of fused-ring (bicyclic) bond motifs is 1. The van der Waals surface area contributed by atoms with E-state index in [-0.39, 0.29) is 16.7 Å². The molecule has 28 heavy (non-hydrogen) atoms. The predicted octanol–water partition coefficient (Wildman–Crippen LogP) is 2.67. The molecule has 1 amide bonds. The van der Waals surface area contributed by atoms with Crippen molar-refractivity contribution in [1.82, 2.24) is 14.3 Å². The van der Waals surface area contributed by atoms with E-state index < -0.39 is 10.0 Å². The summed E-state index contributed by atoms with van der Waals surface area (Å²) in [4.78, 5) is 20.9. The SMILES string of the molecule is O=C(Nc1cccnc1)C1CCN(S(=O)(=O)c2cccc3cccnc23)CC1. The molecule has 144 valence electrons. The molecule has 0 unspecified atom stereocenters. The van der Waals surface area contributed by atoms with E-state index in [2.05, 4.69) is 15.3 Å². The molecule has 0 aliphatic carbocycles. The van der Waals surface area contributed by atoms with Crippen LogP contribution in [0.3, 0.4) is 0 Å². The predicted molar refractivity (Wildman–Crippen MR) is 106 cm³/mol. The molecule has 0 atom stereocenters. The van der Waals surface area contributed by atoms with Gasteiger partial charge in [-0.1, -0.05) is 18.2 Å². The Morgan fingerprint density at radius 2 is 1.79 bits per heavy atom. The summed E-state index contributed by atoms with van der Waals surface area (Å²) < 4.78 is 27.7. The van der Waals surface area contributed by atoms with E-state index >= 15 is 0 Å². The van der Waals surface area contributed by atoms with Gasteiger partial charge in [0, 0.05) is 36.8 Å². The maximum absolute atomic E-state index is 13.1. The molecule has 3 aromatic rings. The second kappa shape index (κ2) is 7.65. The molecule has 7 nitrogen and oxygen atoms in total. The number of carbonyl (C=O) groups excluding carboxylic acids is 1. The molecule has 1 fully saturated rings. The van der Waals surface area contributed by atoms with Crippen molar-refractivity contribution in [3.05, 3.63) is 61.1 Å². The monoisotopic (exact) mass is 396 g/mol. The lowest BCUT2D eigenvalue weighted by molar-refractivity contribution is -0.120. The Balaban J connectivity index is 1.47. The number of hydrogen-bond donors (Lipinski definition) is 1. The molecule has 4 rings (SSSR count). The number of pyridine rings is 2. The van der Waals surface area contributed by atoms with Gasteiger partial charge in [-0.25, -0.2) is 8.42 Å². The standard InChI is InChI=1S/C20H20N4O3S/c25-20(23-17-6-3-10-21-14-17)16-8-12-24(13-9-16)28(26,27)18-7-1-4-15-5-2-11-22-19(15)18/h1-7,10-11,14,16H,8-9,12-13H2,(H,23,25). The molecule has 1 saturated heterocycles. The summed E-state index contributed by atoms with van der Waals surface area (Å²) in [5.41, 5.74) is 1.12. The summed E-state index contributed by atoms with van der Waals surface area (Å²) in [7, 11) is -3.67. The molecular weight excluding hydrogens is 376 g/mol. The molecule has 3 heterocycles. The van der Waals surface area contributed by atoms with Crippen molar-refractivity contribution in [2.45, 2.75) is 17.7 Å². The molecule has 2 aromatic heterocycles. The van der Waals surface area contributed by atoms with Crippen molar-refractivity contribution < 1.29 is 13.2 Å². The van der Waals surface area contributed by atoms with Gasteiger partial charge in [0.1, 0.15) is 4.90 Å². The van der Waals surface area contributed by atoms with Crippen LogP contribution < -0.4 is 5.32 Å². The lowest BCUT2D eigenvalue weighted by atomic mass is 9.97. The quantitative estimate of drug-likeness (QED) is 0.732. The average Bonchev–Trinajstić information content (AvgIpc) is 2.74. The zero-order valence-corrected chi connectivity index (χ0v) is 16.0. The van der Waals surface area contributed by atoms with Gasteiger partial charge in [0.2, 0.25) is 15.9 Å². The van der Waals surface area contributed by atoms with Crippen LogP contribution in [0, 0.1) is 5.92 Å². The van der Waals surface area contributed by atoms with Crippen LogP contribution in [0.4, 0.5) is 5.69 Å². The number of nitrogens with one attached hydrogen (secondary N) is 1. The highest BCUT2D eigenvalue weighted by Gasteiger charge is 2.33. The third-order valence-electron chi connectivity index (χ3n) is 4.97. The molecule has 0 radical (unpaired) electrons. The normalized spacial score (nSPS) is 16.1. The summed E-state index contributed by atoms with van der Waals surface area (Å²) in [5, 5.41) is 3.63. The van der Waals surface area contributed by atoms with Gasteiger partial charge in [-0.3, -0.25) is 14.8 Å². The first-order chi connectivity index (χ1) is 13.6. The average molecular weight is 396 g/mol. The van der Waals surface area contributed by atoms with Crippen molar-refractivity contribution in [3.8, 4) is 0 Å². The molecule has 0 spiro atoms. The minimum atomic E-state index is -3.67. The van der Waals surface area contributed by atoms with Crippen molar-refractivity contribution in [2.24, 2.45) is 5.92 Å². The zero-order chi connectivity index (χ0) is 19.6. The number of rotatable bonds is 4. The van der Waals surface area contributed by atoms with Gasteiger partial charge in [0.05, 0.1) is 17.4 Å². The highest BCUT2D eigenvalue weighted by atomic mass is 32.2. The molecule has 1 aliphatic heterocycles. The third-order valence-corrected chi connectivity index (χ3v) is 6.90. The first-order valence-electron chi connectivity index (χ1n) is 9.10. The van der Waals surface area contributed by atoms with E-state index in [1.54, 1.807) is 48.9 Å². The van der Waals surface area contributed by atoms with Gasteiger partial charge in [-0.05, 0) is 37.1 Å². The minimum Gasteiger partial charge on any atom is -0.324 e. The third kappa shape index (κ3) is 3.61. The zero-order valence-electron chi connectivity index (χ0n) is 15.2. The number of hydrogen-bond acceptors (Lipinski definition) is 5. The highest BCUT2D eigenvalue weighted by Crippen LogP contribution is 2.28. The Hall–Kier alpha value is -2.84. The maximum atomic E-state index is 13.1. The summed E-state index contributed by atoms with van der Waals surface area (Å²) in [5.74, 6) is -0.325. The van der Waals surface area contributed by atoms with Gasteiger partial charge in [0.15, 0.2) is 0 Å². The van der Waals surface area contributed by atoms with Crippen LogP contribution in [0.25, 0.3) is 10.9 Å². The highest BCUT2D eigenvalue weighted by molar-refractivity contribution is 7.89. The lowest BCUT2D eigenvalue weighted by Gasteiger charge is -2.30. The van der Waals surface area contributed by atoms with Crippen LogP contribution in [0.2, 0.25) is 0 Å². The minimum absolute atomic E-state index is 0.100. The van der Waals surface area contributed by atoms with Crippen molar-refractivity contribution in [3.63, 3.8) is 0 Å². The van der Waals surface area contributed by atoms with Gasteiger partial charge in [-0.15, -0.1) is 0 Å². The Bertz CT molecular complexity index is 1090. The topological polar surface area (TPSA) is 92.3 Å². The number of amides is 1. The van der Waals surface area contributed by atoms with Gasteiger partial charge >= 0.3 is 0 Å². The maximum Gasteiger partial charge on any atom is 0.245 e. The second-order valence-corrected chi connectivity index (χ2v) is 8.65. The number of sulfonamides is 1. The number of aromatic nitrogens is 2. The summed E-state index contributed by atoms with van der Waals surface area (Å²) in [6, 6.07) is 12.3. The van der Waals surface area contributed by atoms with E-state index in [1.807, 2.05) is 12.1 Å². The Kier molecular flexibility index (Phi) is 5.06. The second-order valence-electron chi connectivity index (χ2n) is 6.74. The van der Waals surface area contributed by atoms with Crippen LogP contribution >= 0.6 is 0 Å². The van der Waals surface area contributed by atoms with E-state index in [0.29, 0.717) is 37.1 Å². The van der Waals surface area contributed by atoms with Crippen LogP contribution in [-0.4, -0.2) is 41.7 Å². The Morgan fingerprint density at radius 1 is 1.04 bits per heavy atom. The first-order valence-corrected chi connectivity index (χ1v) is 10.5. The summed E-state index contributed by atoms with van der Waals surface area (Å²) >= 11 is 0. The first kappa shape index (κ1) is 18.5. The molecule has 1 aliphatic rings. The van der Waals surface area contributed by atoms with E-state index in [0.717, 1.165) is 5.39 Å². The fraction of sp³-hybridized carbons (Fsp3) is 0.250. The van der Waals surface area contributed by atoms with Gasteiger partial charge < -0.3 is 5.32 Å². The smallest absolute Gasteiger partial charge is 0.245 e. The number of carbonyl (C=O) groups is 1. The van der Waals surface area contributed by atoms with Crippen LogP contribution in [0.1, 0.15) is 12.8 Å². The van der Waals surface area contributed by atoms with Crippen LogP contribution in [0.5, 0.6) is 0 Å². The Morgan fingerprint density at radius 3 is 2.54 bits per heavy atom. The van der Waals surface area contributed by atoms with E-state index in [9.17, 15) is 13.2 Å². The van der Waals surface area contributed by atoms with Crippen LogP contribution in [0.15, 0.2) is 66.0 Å². The number of piperidine rings is 1. The molecular formula is C20H20N4O3S. The van der Waals surface area contributed by atoms with Crippen molar-refractivity contribution in [2.75, 3.05) is 18.4 Å².